The second-order valence-corrected chi connectivity index (χ2v) is 1.34. The molecule has 0 saturated heterocycles. The molecule has 0 N–H and O–H groups in total. The van der Waals surface area contributed by atoms with Gasteiger partial charge in [0.05, 0.1) is 6.54 Å². The molecule has 0 bridgehead atoms. The van der Waals surface area contributed by atoms with E-state index in [2.05, 4.69) is 16.3 Å². The van der Waals surface area contributed by atoms with Crippen LogP contribution in [0.2, 0.25) is 0 Å². The molecule has 0 saturated carbocycles. The van der Waals surface area contributed by atoms with Gasteiger partial charge in [0.15, 0.2) is 0 Å². The number of rotatable bonds is 4. The Labute approximate surface area is 84.5 Å². The van der Waals surface area contributed by atoms with Crippen LogP contribution in [0.5, 0.6) is 0 Å². The molecule has 0 aromatic rings. The minimum atomic E-state index is -0.513. The summed E-state index contributed by atoms with van der Waals surface area (Å²) < 4.78 is 4.46. The third-order valence-corrected chi connectivity index (χ3v) is 0.679. The van der Waals surface area contributed by atoms with Crippen LogP contribution in [0.1, 0.15) is 0 Å². The smallest absolute Gasteiger partial charge is 0.330 e. The predicted octanol–water partition coefficient (Wildman–Crippen LogP) is -0.329. The van der Waals surface area contributed by atoms with Crippen molar-refractivity contribution in [3.63, 3.8) is 0 Å². The second-order valence-electron chi connectivity index (χ2n) is 1.34. The maximum Gasteiger partial charge on any atom is 0.330 e. The summed E-state index contributed by atoms with van der Waals surface area (Å²) in [5.74, 6) is -0.513. The van der Waals surface area contributed by atoms with Gasteiger partial charge in [-0.3, -0.25) is 0 Å². The first-order valence-electron chi connectivity index (χ1n) is 2.64. The minimum absolute atomic E-state index is 0. The van der Waals surface area contributed by atoms with E-state index in [1.54, 1.807) is 0 Å². The summed E-state index contributed by atoms with van der Waals surface area (Å²) >= 11 is 0. The van der Waals surface area contributed by atoms with Crippen LogP contribution in [0.15, 0.2) is 17.6 Å². The Morgan fingerprint density at radius 2 is 2.36 bits per heavy atom. The Balaban J connectivity index is 0. The zero-order valence-corrected chi connectivity index (χ0v) is 9.76. The van der Waals surface area contributed by atoms with Crippen LogP contribution >= 0.6 is 0 Å². The van der Waals surface area contributed by atoms with Gasteiger partial charge in [0, 0.05) is 33.4 Å². The number of carbonyl (C=O) groups is 1. The van der Waals surface area contributed by atoms with E-state index >= 15 is 0 Å². The number of carbonyl (C=O) groups excluding carboxylic acids is 2. The van der Waals surface area contributed by atoms with Crippen LogP contribution in [-0.2, 0) is 14.3 Å². The molecule has 0 aromatic carbocycles. The maximum atomic E-state index is 10.3. The van der Waals surface area contributed by atoms with E-state index in [0.717, 1.165) is 6.08 Å². The second kappa shape index (κ2) is 9.51. The largest absolute Gasteiger partial charge is 0.461 e. The molecule has 0 fully saturated rings. The van der Waals surface area contributed by atoms with Gasteiger partial charge >= 0.3 is 5.97 Å². The molecule has 0 spiro atoms. The number of nitrogens with zero attached hydrogens (tertiary/aromatic N) is 1. The third kappa shape index (κ3) is 9.51. The van der Waals surface area contributed by atoms with E-state index in [-0.39, 0.29) is 40.5 Å². The first-order chi connectivity index (χ1) is 4.81. The Morgan fingerprint density at radius 1 is 1.73 bits per heavy atom. The zero-order chi connectivity index (χ0) is 7.82. The van der Waals surface area contributed by atoms with Crippen LogP contribution in [0.3, 0.4) is 0 Å². The first kappa shape index (κ1) is 13.1. The van der Waals surface area contributed by atoms with E-state index in [1.165, 1.54) is 6.08 Å². The molecule has 0 aromatic heterocycles. The van der Waals surface area contributed by atoms with Crippen molar-refractivity contribution in [2.75, 3.05) is 13.2 Å². The molecule has 4 radical (unpaired) electrons. The van der Waals surface area contributed by atoms with Crippen LogP contribution in [-0.4, -0.2) is 52.5 Å². The van der Waals surface area contributed by atoms with E-state index in [0.29, 0.717) is 0 Å². The summed E-state index contributed by atoms with van der Waals surface area (Å²) in [6.45, 7) is 3.43. The van der Waals surface area contributed by atoms with Gasteiger partial charge in [0.25, 0.3) is 0 Å². The third-order valence-electron chi connectivity index (χ3n) is 0.679. The van der Waals surface area contributed by atoms with E-state index in [9.17, 15) is 9.59 Å². The van der Waals surface area contributed by atoms with Crippen molar-refractivity contribution >= 4 is 39.3 Å². The van der Waals surface area contributed by atoms with E-state index in [1.807, 2.05) is 0 Å². The van der Waals surface area contributed by atoms with Crippen LogP contribution in [0.4, 0.5) is 0 Å². The fourth-order valence-electron chi connectivity index (χ4n) is 0.296. The number of ether oxygens (including phenoxy) is 1. The van der Waals surface area contributed by atoms with Gasteiger partial charge in [-0.2, -0.15) is 0 Å². The standard InChI is InChI=1S/C6H7NO3.Pb/c1-2-6(9)10-4-3-7-5-8;/h2H,1,3-4H2;. The number of esters is 1. The van der Waals surface area contributed by atoms with Crippen LogP contribution in [0.25, 0.3) is 0 Å². The Bertz CT molecular complexity index is 175. The summed E-state index contributed by atoms with van der Waals surface area (Å²) in [6, 6.07) is 0. The van der Waals surface area contributed by atoms with E-state index < -0.39 is 5.97 Å². The molecule has 11 heavy (non-hydrogen) atoms. The number of hydrogen-bond acceptors (Lipinski definition) is 4. The first-order valence-corrected chi connectivity index (χ1v) is 2.64. The Morgan fingerprint density at radius 3 is 2.82 bits per heavy atom. The summed E-state index contributed by atoms with van der Waals surface area (Å²) in [5.41, 5.74) is 0. The number of hydrogen-bond donors (Lipinski definition) is 0. The number of isocyanates is 1. The summed E-state index contributed by atoms with van der Waals surface area (Å²) in [4.78, 5) is 22.9. The fraction of sp³-hybridized carbons (Fsp3) is 0.333. The zero-order valence-electron chi connectivity index (χ0n) is 5.87. The fourth-order valence-corrected chi connectivity index (χ4v) is 0.296. The van der Waals surface area contributed by atoms with Gasteiger partial charge in [-0.25, -0.2) is 14.6 Å². The van der Waals surface area contributed by atoms with Crippen molar-refractivity contribution in [1.29, 1.82) is 0 Å². The molecule has 0 amide bonds. The van der Waals surface area contributed by atoms with Crippen LogP contribution < -0.4 is 0 Å². The van der Waals surface area contributed by atoms with Gasteiger partial charge in [0.2, 0.25) is 6.08 Å². The van der Waals surface area contributed by atoms with Crippen molar-refractivity contribution in [2.24, 2.45) is 4.99 Å². The molecule has 0 atom stereocenters. The van der Waals surface area contributed by atoms with Gasteiger partial charge in [-0.15, -0.1) is 0 Å². The summed E-state index contributed by atoms with van der Waals surface area (Å²) in [6.07, 6.45) is 2.36. The molecule has 0 aliphatic heterocycles. The van der Waals surface area contributed by atoms with Crippen molar-refractivity contribution in [1.82, 2.24) is 0 Å². The summed E-state index contributed by atoms with van der Waals surface area (Å²) in [7, 11) is 0. The quantitative estimate of drug-likeness (QED) is 0.175. The molecule has 0 rings (SSSR count). The van der Waals surface area contributed by atoms with Gasteiger partial charge in [-0.05, 0) is 0 Å². The van der Waals surface area contributed by atoms with Gasteiger partial charge < -0.3 is 4.74 Å². The SMILES string of the molecule is C=CC(=O)OCCN=C=O.[Pb]. The molecular formula is C6H7NO3Pb. The van der Waals surface area contributed by atoms with E-state index in [4.69, 9.17) is 0 Å². The van der Waals surface area contributed by atoms with Crippen LogP contribution in [0, 0.1) is 0 Å². The molecule has 5 heteroatoms. The Kier molecular flexibility index (Phi) is 11.4. The average molecular weight is 348 g/mol. The molecule has 0 aliphatic rings. The number of aliphatic imine (C=N–C) groups is 1. The monoisotopic (exact) mass is 349 g/mol. The molecule has 4 nitrogen and oxygen atoms in total. The Hall–Kier alpha value is -0.488. The van der Waals surface area contributed by atoms with Crippen molar-refractivity contribution in [3.8, 4) is 0 Å². The van der Waals surface area contributed by atoms with Gasteiger partial charge in [0.1, 0.15) is 6.61 Å². The minimum Gasteiger partial charge on any atom is -0.461 e. The normalized spacial score (nSPS) is 6.91. The molecule has 0 heterocycles. The maximum absolute atomic E-state index is 10.3. The topological polar surface area (TPSA) is 55.7 Å². The molecule has 58 valence electrons. The van der Waals surface area contributed by atoms with Crippen molar-refractivity contribution in [2.45, 2.75) is 0 Å². The molecule has 0 aliphatic carbocycles. The molecular weight excluding hydrogens is 341 g/mol. The molecule has 0 unspecified atom stereocenters. The van der Waals surface area contributed by atoms with Gasteiger partial charge in [-0.1, -0.05) is 6.58 Å². The van der Waals surface area contributed by atoms with Crippen molar-refractivity contribution < 1.29 is 14.3 Å². The average Bonchev–Trinajstić information content (AvgIpc) is 1.98. The summed E-state index contributed by atoms with van der Waals surface area (Å²) in [5, 5.41) is 0. The van der Waals surface area contributed by atoms with Crippen molar-refractivity contribution in [3.05, 3.63) is 12.7 Å². The predicted molar refractivity (Wildman–Crippen MR) is 39.9 cm³/mol.